The van der Waals surface area contributed by atoms with Crippen LogP contribution < -0.4 is 0 Å². The van der Waals surface area contributed by atoms with Gasteiger partial charge in [-0.15, -0.1) is 0 Å². The molecule has 19 saturated carbocycles. The average Bonchev–Trinajstić information content (AvgIpc) is 1.69. The molecule has 2 aliphatic heterocycles. The second-order valence-electron chi connectivity index (χ2n) is 48.0. The van der Waals surface area contributed by atoms with E-state index in [1.807, 2.05) is 96.9 Å². The largest absolute Gasteiger partial charge is 0.463 e. The van der Waals surface area contributed by atoms with Gasteiger partial charge >= 0.3 is 59.7 Å². The number of cyclic esters (lactones) is 1. The molecule has 0 aromatic heterocycles. The first-order valence-corrected chi connectivity index (χ1v) is 50.5. The Hall–Kier alpha value is -5.42. The zero-order valence-electron chi connectivity index (χ0n) is 81.9. The Kier molecular flexibility index (Phi) is 49.3. The van der Waals surface area contributed by atoms with Crippen LogP contribution in [0.3, 0.4) is 0 Å². The number of carbonyl (C=O) groups is 10. The molecule has 2 N–H and O–H groups in total. The highest BCUT2D eigenvalue weighted by Crippen LogP contribution is 2.66. The fourth-order valence-corrected chi connectivity index (χ4v) is 26.9. The molecule has 0 radical (unpaired) electrons. The molecular weight excluding hydrogens is 1760 g/mol. The summed E-state index contributed by atoms with van der Waals surface area (Å²) in [4.78, 5) is 122. The van der Waals surface area contributed by atoms with Crippen molar-refractivity contribution < 1.29 is 110 Å². The summed E-state index contributed by atoms with van der Waals surface area (Å²) in [5.74, 6) is 5.40. The third-order valence-electron chi connectivity index (χ3n) is 36.0. The molecule has 2 heterocycles. The highest BCUT2D eigenvalue weighted by molar-refractivity contribution is 5.84. The van der Waals surface area contributed by atoms with E-state index >= 15 is 0 Å². The Bertz CT molecular complexity index is 3830. The fourth-order valence-electron chi connectivity index (χ4n) is 26.9. The molecule has 0 spiro atoms. The van der Waals surface area contributed by atoms with Gasteiger partial charge in [0.1, 0.15) is 35.1 Å². The SMILES string of the molecule is C.C.C.C.C.C.C.C.C.C.C.C.CCC(C)(C)C(=O)OC1(CC)C2CC3CC(C2)CC1C3.CCC(C)(C)C(=O)OC12CC3CC(O)(CC(O)(C3)C1)C2.CCC(C)(C)C(=O)OC1C2CC3CC1CC(C(=O)OC(C)OCC14CC5CC(CC(C5)C1)C4)(C3)C2.CCC(C)(C)C(=O)OC1CCOC1=O.CCC(C)(C)C(=O)OCC(=O)OC1C2CC3C(=O)OC1C3C2.CCC1(OC(=O)C(C)(C)CC)CCCCC1. The molecule has 11 unspecified atom stereocenters. The summed E-state index contributed by atoms with van der Waals surface area (Å²) in [6.45, 7) is 41.8. The van der Waals surface area contributed by atoms with E-state index in [1.54, 1.807) is 27.7 Å². The Morgan fingerprint density at radius 2 is 0.849 bits per heavy atom. The van der Waals surface area contributed by atoms with Crippen molar-refractivity contribution in [2.75, 3.05) is 19.8 Å². The van der Waals surface area contributed by atoms with Crippen LogP contribution in [-0.2, 0) is 100 Å². The highest BCUT2D eigenvalue weighted by Gasteiger charge is 2.68. The van der Waals surface area contributed by atoms with Crippen LogP contribution in [0.2, 0.25) is 0 Å². The second kappa shape index (κ2) is 51.3. The van der Waals surface area contributed by atoms with E-state index in [4.69, 9.17) is 52.1 Å². The number of hydrogen-bond acceptors (Lipinski definition) is 23. The van der Waals surface area contributed by atoms with Crippen LogP contribution >= 0.6 is 0 Å². The predicted octanol–water partition coefficient (Wildman–Crippen LogP) is 27.5. The van der Waals surface area contributed by atoms with Crippen molar-refractivity contribution in [3.05, 3.63) is 0 Å². The third-order valence-corrected chi connectivity index (χ3v) is 36.0. The van der Waals surface area contributed by atoms with Crippen molar-refractivity contribution in [1.29, 1.82) is 0 Å². The summed E-state index contributed by atoms with van der Waals surface area (Å²) in [5.41, 5.74) is -5.44. The van der Waals surface area contributed by atoms with Gasteiger partial charge in [0.2, 0.25) is 6.10 Å². The molecule has 21 aliphatic rings. The molecule has 21 rings (SSSR count). The van der Waals surface area contributed by atoms with E-state index in [0.717, 1.165) is 152 Å². The Balaban J connectivity index is 0.00000166. The normalized spacial score (nSPS) is 34.6. The van der Waals surface area contributed by atoms with Crippen LogP contribution in [0.1, 0.15) is 479 Å². The number of esters is 10. The van der Waals surface area contributed by atoms with Gasteiger partial charge in [0.15, 0.2) is 12.9 Å². The molecule has 23 nitrogen and oxygen atoms in total. The lowest BCUT2D eigenvalue weighted by atomic mass is 9.48. The van der Waals surface area contributed by atoms with Gasteiger partial charge in [-0.1, -0.05) is 151 Å². The van der Waals surface area contributed by atoms with Crippen molar-refractivity contribution in [2.45, 2.75) is 537 Å². The lowest BCUT2D eigenvalue weighted by molar-refractivity contribution is -0.264. The molecule has 0 aromatic carbocycles. The van der Waals surface area contributed by atoms with Crippen molar-refractivity contribution in [3.63, 3.8) is 0 Å². The van der Waals surface area contributed by atoms with Crippen LogP contribution in [0.4, 0.5) is 0 Å². The van der Waals surface area contributed by atoms with Crippen LogP contribution in [0.5, 0.6) is 0 Å². The smallest absolute Gasteiger partial charge is 0.347 e. The minimum absolute atomic E-state index is 0. The van der Waals surface area contributed by atoms with Gasteiger partial charge < -0.3 is 62.3 Å². The van der Waals surface area contributed by atoms with Crippen molar-refractivity contribution in [3.8, 4) is 0 Å². The van der Waals surface area contributed by atoms with Crippen LogP contribution in [-0.4, -0.2) is 148 Å². The highest BCUT2D eigenvalue weighted by atomic mass is 16.7. The standard InChI is InChI=1S/C30H46O5.C18H30O2.C16H22O6.C16H26O4.C14H26O2.C10H16O4.12CH4/c1-5-28(3,4)26(31)35-25-23-9-22-10-24(25)16-30(14-22,15-23)27(32)34-18(2)33-17-29-11-19-6-20(12-29)8-21(7-19)13-29;1-5-17(3,4)16(19)20-18(6-2)14-8-12-7-13(10-14)11-15(18)9-12;1-4-16(2,3)15(19)20-7-11(17)21-12-8-5-9-10(6-8)14(18)22-13(9)12;1-4-13(2,3)12(17)20-16-7-11-5-14(18,9-16)8-15(19,6-11)10-16;1-5-13(3,4)12(15)16-14(6-2)10-8-7-9-11-14;1-4-10(2,3)9(12)14-7-5-6-13-8(7)11;;;;;;;;;;;;/h18-25H,5-17H2,1-4H3;12-15H,5-11H2,1-4H3;8-10,12-13H,4-7H2,1-3H3;11,18-19H,4-10H2,1-3H3;5-11H2,1-4H3;7H,4-6H2,1-3H3;12*1H4. The minimum Gasteiger partial charge on any atom is -0.463 e. The van der Waals surface area contributed by atoms with Crippen LogP contribution in [0.25, 0.3) is 0 Å². The maximum Gasteiger partial charge on any atom is 0.347 e. The van der Waals surface area contributed by atoms with Gasteiger partial charge in [-0.2, -0.15) is 0 Å². The number of aliphatic hydroxyl groups is 2. The lowest BCUT2D eigenvalue weighted by Gasteiger charge is -2.62. The summed E-state index contributed by atoms with van der Waals surface area (Å²) in [5, 5.41) is 21.3. The van der Waals surface area contributed by atoms with Gasteiger partial charge in [-0.3, -0.25) is 38.4 Å². The van der Waals surface area contributed by atoms with E-state index in [2.05, 4.69) is 20.8 Å². The number of ether oxygens (including phenoxy) is 11. The Morgan fingerprint density at radius 3 is 1.29 bits per heavy atom. The molecule has 11 atom stereocenters. The predicted molar refractivity (Wildman–Crippen MR) is 557 cm³/mol. The maximum absolute atomic E-state index is 13.6. The quantitative estimate of drug-likeness (QED) is 0.0438. The third kappa shape index (κ3) is 29.3. The summed E-state index contributed by atoms with van der Waals surface area (Å²) >= 11 is 0. The summed E-state index contributed by atoms with van der Waals surface area (Å²) < 4.78 is 62.0. The second-order valence-corrected chi connectivity index (χ2v) is 48.0. The lowest BCUT2D eigenvalue weighted by Crippen LogP contribution is -2.67. The molecule has 0 aromatic rings. The van der Waals surface area contributed by atoms with Crippen molar-refractivity contribution in [2.24, 2.45) is 126 Å². The zero-order valence-corrected chi connectivity index (χ0v) is 81.9. The minimum atomic E-state index is -0.842. The van der Waals surface area contributed by atoms with Gasteiger partial charge in [-0.25, -0.2) is 9.59 Å². The first-order chi connectivity index (χ1) is 59.3. The van der Waals surface area contributed by atoms with E-state index < -0.39 is 74.2 Å². The van der Waals surface area contributed by atoms with E-state index in [0.29, 0.717) is 68.3 Å². The number of fused-ring (bicyclic) bond motifs is 1. The Morgan fingerprint density at radius 1 is 0.417 bits per heavy atom. The summed E-state index contributed by atoms with van der Waals surface area (Å²) in [7, 11) is 0. The summed E-state index contributed by atoms with van der Waals surface area (Å²) in [6.07, 6.45) is 35.7. The molecule has 21 fully saturated rings. The van der Waals surface area contributed by atoms with Crippen molar-refractivity contribution >= 4 is 59.7 Å². The van der Waals surface area contributed by atoms with E-state index in [-0.39, 0.29) is 213 Å². The fraction of sp³-hybridized carbons (Fsp3) is 0.914. The van der Waals surface area contributed by atoms with Gasteiger partial charge in [0, 0.05) is 37.5 Å². The summed E-state index contributed by atoms with van der Waals surface area (Å²) in [6, 6.07) is 0. The van der Waals surface area contributed by atoms with E-state index in [1.165, 1.54) is 89.9 Å². The number of carbonyl (C=O) groups excluding carboxylic acids is 10. The van der Waals surface area contributed by atoms with Crippen LogP contribution in [0, 0.1) is 126 Å². The Labute approximate surface area is 848 Å². The molecule has 2 saturated heterocycles. The molecule has 816 valence electrons. The average molecular weight is 1980 g/mol. The van der Waals surface area contributed by atoms with Crippen LogP contribution in [0.15, 0.2) is 0 Å². The number of hydrogen-bond donors (Lipinski definition) is 2. The number of rotatable bonds is 27. The molecule has 139 heavy (non-hydrogen) atoms. The van der Waals surface area contributed by atoms with Gasteiger partial charge in [-0.05, 0) is 372 Å². The molecule has 19 aliphatic carbocycles. The van der Waals surface area contributed by atoms with E-state index in [9.17, 15) is 58.2 Å². The van der Waals surface area contributed by atoms with Gasteiger partial charge in [0.05, 0.1) is 68.2 Å². The molecule has 18 bridgehead atoms. The van der Waals surface area contributed by atoms with Gasteiger partial charge in [0.25, 0.3) is 0 Å². The monoisotopic (exact) mass is 1980 g/mol. The first kappa shape index (κ1) is 134. The maximum atomic E-state index is 13.6. The first-order valence-electron chi connectivity index (χ1n) is 50.5. The zero-order chi connectivity index (χ0) is 93.0. The molecular formula is C116H214O23. The molecule has 23 heteroatoms. The van der Waals surface area contributed by atoms with Crippen molar-refractivity contribution in [1.82, 2.24) is 0 Å². The molecule has 0 amide bonds. The topological polar surface area (TPSA) is 313 Å².